The van der Waals surface area contributed by atoms with Crippen molar-refractivity contribution in [1.82, 2.24) is 0 Å². The lowest BCUT2D eigenvalue weighted by Gasteiger charge is -2.22. The summed E-state index contributed by atoms with van der Waals surface area (Å²) < 4.78 is 0. The second-order valence-corrected chi connectivity index (χ2v) is 16.8. The van der Waals surface area contributed by atoms with Gasteiger partial charge in [0.2, 0.25) is 0 Å². The maximum atomic E-state index is 2.43. The Morgan fingerprint density at radius 3 is 1.42 bits per heavy atom. The van der Waals surface area contributed by atoms with Gasteiger partial charge in [0.15, 0.2) is 0 Å². The summed E-state index contributed by atoms with van der Waals surface area (Å²) in [6.45, 7) is 4.76. The van der Waals surface area contributed by atoms with E-state index in [1.165, 1.54) is 121 Å². The summed E-state index contributed by atoms with van der Waals surface area (Å²) >= 11 is 0. The van der Waals surface area contributed by atoms with Crippen LogP contribution in [0.25, 0.3) is 109 Å². The zero-order valence-electron chi connectivity index (χ0n) is 33.1. The molecular weight excluding hydrogens is 709 g/mol. The van der Waals surface area contributed by atoms with Crippen LogP contribution in [0.2, 0.25) is 0 Å². The van der Waals surface area contributed by atoms with Crippen molar-refractivity contribution in [1.29, 1.82) is 0 Å². The summed E-state index contributed by atoms with van der Waals surface area (Å²) in [5.41, 5.74) is 15.4. The third-order valence-electron chi connectivity index (χ3n) is 13.2. The minimum absolute atomic E-state index is 0.0913. The van der Waals surface area contributed by atoms with Crippen LogP contribution in [0.1, 0.15) is 25.0 Å². The number of rotatable bonds is 4. The van der Waals surface area contributed by atoms with Gasteiger partial charge in [0.25, 0.3) is 0 Å². The van der Waals surface area contributed by atoms with E-state index in [0.717, 1.165) is 0 Å². The Kier molecular flexibility index (Phi) is 7.38. The van der Waals surface area contributed by atoms with Crippen molar-refractivity contribution >= 4 is 53.9 Å². The summed E-state index contributed by atoms with van der Waals surface area (Å²) in [7, 11) is 0. The van der Waals surface area contributed by atoms with Gasteiger partial charge >= 0.3 is 0 Å². The zero-order chi connectivity index (χ0) is 39.2. The molecule has 1 aliphatic rings. The number of fused-ring (bicyclic) bond motifs is 9. The van der Waals surface area contributed by atoms with Crippen LogP contribution in [-0.2, 0) is 5.41 Å². The summed E-state index contributed by atoms with van der Waals surface area (Å²) in [6.07, 6.45) is 0. The highest BCUT2D eigenvalue weighted by Gasteiger charge is 2.37. The summed E-state index contributed by atoms with van der Waals surface area (Å²) in [4.78, 5) is 0. The molecular formula is C59H40. The normalized spacial score (nSPS) is 13.1. The Morgan fingerprint density at radius 2 is 0.746 bits per heavy atom. The summed E-state index contributed by atoms with van der Waals surface area (Å²) in [6, 6.07) is 76.9. The molecule has 0 aliphatic heterocycles. The third kappa shape index (κ3) is 5.09. The van der Waals surface area contributed by atoms with Crippen molar-refractivity contribution in [3.63, 3.8) is 0 Å². The van der Waals surface area contributed by atoms with Crippen molar-refractivity contribution in [3.05, 3.63) is 217 Å². The average Bonchev–Trinajstić information content (AvgIpc) is 3.52. The molecule has 0 atom stereocenters. The molecule has 0 fully saturated rings. The molecule has 0 saturated carbocycles. The fourth-order valence-corrected chi connectivity index (χ4v) is 10.4. The van der Waals surface area contributed by atoms with Gasteiger partial charge in [0.1, 0.15) is 0 Å². The molecule has 11 aromatic carbocycles. The Hall–Kier alpha value is -7.28. The van der Waals surface area contributed by atoms with E-state index in [-0.39, 0.29) is 5.41 Å². The maximum Gasteiger partial charge on any atom is 0.0159 e. The van der Waals surface area contributed by atoms with Crippen LogP contribution in [0.5, 0.6) is 0 Å². The second-order valence-electron chi connectivity index (χ2n) is 16.8. The summed E-state index contributed by atoms with van der Waals surface area (Å²) in [5, 5.41) is 12.8. The van der Waals surface area contributed by atoms with Crippen molar-refractivity contribution in [3.8, 4) is 55.6 Å². The third-order valence-corrected chi connectivity index (χ3v) is 13.2. The molecule has 0 heteroatoms. The smallest absolute Gasteiger partial charge is 0.0159 e. The quantitative estimate of drug-likeness (QED) is 0.124. The first-order valence-electron chi connectivity index (χ1n) is 20.8. The van der Waals surface area contributed by atoms with Crippen LogP contribution >= 0.6 is 0 Å². The second kappa shape index (κ2) is 12.9. The molecule has 1 aliphatic carbocycles. The first kappa shape index (κ1) is 33.8. The van der Waals surface area contributed by atoms with Crippen molar-refractivity contribution < 1.29 is 0 Å². The molecule has 0 radical (unpaired) electrons. The molecule has 0 N–H and O–H groups in total. The van der Waals surface area contributed by atoms with E-state index in [9.17, 15) is 0 Å². The van der Waals surface area contributed by atoms with Gasteiger partial charge in [-0.3, -0.25) is 0 Å². The summed E-state index contributed by atoms with van der Waals surface area (Å²) in [5.74, 6) is 0. The molecule has 59 heavy (non-hydrogen) atoms. The molecule has 0 bridgehead atoms. The van der Waals surface area contributed by atoms with E-state index in [1.807, 2.05) is 0 Å². The SMILES string of the molecule is CC1(C)c2cc3ccccc3cc2-c2c(-c3cccc(-c4c5ccccc5c(-c5ccc(-c6cc7ccccc7c7ccccc67)cc5)c5ccccc45)c3)cccc21. The first-order chi connectivity index (χ1) is 29.0. The minimum atomic E-state index is -0.0913. The number of hydrogen-bond donors (Lipinski definition) is 0. The molecule has 0 saturated heterocycles. The highest BCUT2D eigenvalue weighted by atomic mass is 14.4. The Balaban J connectivity index is 1.02. The van der Waals surface area contributed by atoms with Gasteiger partial charge in [0, 0.05) is 5.41 Å². The number of benzene rings is 11. The van der Waals surface area contributed by atoms with Gasteiger partial charge in [0.05, 0.1) is 0 Å². The van der Waals surface area contributed by atoms with E-state index in [1.54, 1.807) is 0 Å². The standard InChI is InChI=1S/C59H40/c1-59(2)54-28-14-27-45(58(54)53-34-39-15-3-4-16-40(39)36-55(53)59)41-18-13-19-43(33-41)57-50-25-11-9-23-48(50)56(49-24-10-12-26-51(49)57)38-31-29-37(30-32-38)52-35-42-17-5-6-20-44(42)46-21-7-8-22-47(46)52/h3-36H,1-2H3. The molecule has 276 valence electrons. The Morgan fingerprint density at radius 1 is 0.254 bits per heavy atom. The van der Waals surface area contributed by atoms with Crippen LogP contribution in [0, 0.1) is 0 Å². The van der Waals surface area contributed by atoms with E-state index < -0.39 is 0 Å². The van der Waals surface area contributed by atoms with E-state index in [4.69, 9.17) is 0 Å². The molecule has 0 heterocycles. The van der Waals surface area contributed by atoms with Gasteiger partial charge in [-0.2, -0.15) is 0 Å². The fourth-order valence-electron chi connectivity index (χ4n) is 10.4. The molecule has 0 amide bonds. The fraction of sp³-hybridized carbons (Fsp3) is 0.0508. The van der Waals surface area contributed by atoms with Crippen LogP contribution in [0.15, 0.2) is 206 Å². The molecule has 0 unspecified atom stereocenters. The zero-order valence-corrected chi connectivity index (χ0v) is 33.1. The van der Waals surface area contributed by atoms with E-state index in [2.05, 4.69) is 220 Å². The van der Waals surface area contributed by atoms with Gasteiger partial charge in [-0.1, -0.05) is 196 Å². The van der Waals surface area contributed by atoms with Crippen molar-refractivity contribution in [2.75, 3.05) is 0 Å². The Labute approximate surface area is 344 Å². The van der Waals surface area contributed by atoms with Crippen LogP contribution in [-0.4, -0.2) is 0 Å². The van der Waals surface area contributed by atoms with Crippen molar-refractivity contribution in [2.45, 2.75) is 19.3 Å². The van der Waals surface area contributed by atoms with Crippen LogP contribution in [0.3, 0.4) is 0 Å². The van der Waals surface area contributed by atoms with Gasteiger partial charge in [-0.25, -0.2) is 0 Å². The average molecular weight is 749 g/mol. The monoisotopic (exact) mass is 748 g/mol. The van der Waals surface area contributed by atoms with Crippen LogP contribution in [0.4, 0.5) is 0 Å². The number of hydrogen-bond acceptors (Lipinski definition) is 0. The lowest BCUT2D eigenvalue weighted by molar-refractivity contribution is 0.661. The van der Waals surface area contributed by atoms with Crippen molar-refractivity contribution in [2.24, 2.45) is 0 Å². The topological polar surface area (TPSA) is 0 Å². The van der Waals surface area contributed by atoms with E-state index in [0.29, 0.717) is 0 Å². The predicted molar refractivity (Wildman–Crippen MR) is 253 cm³/mol. The first-order valence-corrected chi connectivity index (χ1v) is 20.8. The molecule has 11 aromatic rings. The molecule has 0 aromatic heterocycles. The van der Waals surface area contributed by atoms with Crippen LogP contribution < -0.4 is 0 Å². The Bertz CT molecular complexity index is 3450. The minimum Gasteiger partial charge on any atom is -0.0616 e. The van der Waals surface area contributed by atoms with Gasteiger partial charge < -0.3 is 0 Å². The highest BCUT2D eigenvalue weighted by molar-refractivity contribution is 6.22. The predicted octanol–water partition coefficient (Wildman–Crippen LogP) is 16.4. The molecule has 0 nitrogen and oxygen atoms in total. The largest absolute Gasteiger partial charge is 0.0616 e. The van der Waals surface area contributed by atoms with Gasteiger partial charge in [-0.15, -0.1) is 0 Å². The lowest BCUT2D eigenvalue weighted by atomic mass is 9.81. The molecule has 0 spiro atoms. The lowest BCUT2D eigenvalue weighted by Crippen LogP contribution is -2.14. The van der Waals surface area contributed by atoms with Gasteiger partial charge in [-0.05, 0) is 145 Å². The molecule has 12 rings (SSSR count). The highest BCUT2D eigenvalue weighted by Crippen LogP contribution is 2.54. The maximum absolute atomic E-state index is 2.43. The van der Waals surface area contributed by atoms with E-state index >= 15 is 0 Å².